The Morgan fingerprint density at radius 1 is 1.00 bits per heavy atom. The van der Waals surface area contributed by atoms with Crippen LogP contribution >= 0.6 is 11.6 Å². The number of ether oxygens (including phenoxy) is 2. The van der Waals surface area contributed by atoms with Gasteiger partial charge in [0.2, 0.25) is 0 Å². The maximum absolute atomic E-state index is 13.3. The van der Waals surface area contributed by atoms with Gasteiger partial charge in [-0.05, 0) is 60.0 Å². The molecule has 1 unspecified atom stereocenters. The summed E-state index contributed by atoms with van der Waals surface area (Å²) in [5.41, 5.74) is 3.03. The van der Waals surface area contributed by atoms with Crippen LogP contribution in [-0.4, -0.2) is 47.4 Å². The quantitative estimate of drug-likeness (QED) is 0.192. The fraction of sp³-hybridized carbons (Fsp3) is 0.172. The Balaban J connectivity index is 1.56. The summed E-state index contributed by atoms with van der Waals surface area (Å²) in [6.07, 6.45) is 2.39. The molecule has 37 heavy (non-hydrogen) atoms. The summed E-state index contributed by atoms with van der Waals surface area (Å²) in [7, 11) is 3.13. The minimum Gasteiger partial charge on any atom is -0.507 e. The van der Waals surface area contributed by atoms with Gasteiger partial charge in [0.1, 0.15) is 17.3 Å². The van der Waals surface area contributed by atoms with Gasteiger partial charge in [0.15, 0.2) is 0 Å². The van der Waals surface area contributed by atoms with Crippen LogP contribution in [-0.2, 0) is 16.0 Å². The van der Waals surface area contributed by atoms with Crippen LogP contribution in [0.15, 0.2) is 78.5 Å². The lowest BCUT2D eigenvalue weighted by molar-refractivity contribution is -0.139. The molecule has 1 aromatic heterocycles. The van der Waals surface area contributed by atoms with E-state index in [0.717, 1.165) is 22.2 Å². The molecular weight excluding hydrogens is 492 g/mol. The summed E-state index contributed by atoms with van der Waals surface area (Å²) in [5, 5.41) is 12.8. The molecule has 7 nitrogen and oxygen atoms in total. The molecule has 1 fully saturated rings. The van der Waals surface area contributed by atoms with Gasteiger partial charge in [-0.15, -0.1) is 0 Å². The standard InChI is InChI=1S/C29H25ClN2O5/c1-36-21-5-3-4-18(14-21)27(33)25-26(17-6-8-20(30)9-7-17)32(29(35)28(25)34)13-12-19-16-31-24-11-10-22(37-2)15-23(19)24/h3-11,14-16,26,31,33H,12-13H2,1-2H3/b27-25-. The molecule has 3 aromatic carbocycles. The highest BCUT2D eigenvalue weighted by Crippen LogP contribution is 2.40. The fourth-order valence-corrected chi connectivity index (χ4v) is 4.89. The number of benzene rings is 3. The molecule has 1 aliphatic heterocycles. The molecule has 0 bridgehead atoms. The second kappa shape index (κ2) is 10.0. The number of nitrogens with zero attached hydrogens (tertiary/aromatic N) is 1. The van der Waals surface area contributed by atoms with Crippen LogP contribution in [0.5, 0.6) is 11.5 Å². The van der Waals surface area contributed by atoms with Crippen molar-refractivity contribution >= 4 is 40.0 Å². The summed E-state index contributed by atoms with van der Waals surface area (Å²) in [6.45, 7) is 0.261. The molecule has 2 heterocycles. The Labute approximate surface area is 218 Å². The monoisotopic (exact) mass is 516 g/mol. The van der Waals surface area contributed by atoms with E-state index in [9.17, 15) is 14.7 Å². The first kappa shape index (κ1) is 24.5. The zero-order valence-electron chi connectivity index (χ0n) is 20.3. The first-order valence-corrected chi connectivity index (χ1v) is 12.1. The van der Waals surface area contributed by atoms with Crippen molar-refractivity contribution in [2.75, 3.05) is 20.8 Å². The SMILES string of the molecule is COc1cccc(/C(O)=C2/C(=O)C(=O)N(CCc3c[nH]c4ccc(OC)cc34)C2c2ccc(Cl)cc2)c1. The average Bonchev–Trinajstić information content (AvgIpc) is 3.44. The number of H-pyrrole nitrogens is 1. The molecule has 0 saturated carbocycles. The molecule has 1 aliphatic rings. The number of hydrogen-bond acceptors (Lipinski definition) is 5. The van der Waals surface area contributed by atoms with Gasteiger partial charge in [-0.1, -0.05) is 35.9 Å². The number of aliphatic hydroxyl groups is 1. The number of aromatic nitrogens is 1. The normalized spacial score (nSPS) is 16.9. The van der Waals surface area contributed by atoms with Gasteiger partial charge in [-0.25, -0.2) is 0 Å². The highest BCUT2D eigenvalue weighted by molar-refractivity contribution is 6.46. The van der Waals surface area contributed by atoms with Gasteiger partial charge >= 0.3 is 0 Å². The summed E-state index contributed by atoms with van der Waals surface area (Å²) >= 11 is 6.11. The topological polar surface area (TPSA) is 91.9 Å². The van der Waals surface area contributed by atoms with Gasteiger partial charge in [0.25, 0.3) is 11.7 Å². The van der Waals surface area contributed by atoms with Gasteiger partial charge < -0.3 is 24.5 Å². The maximum Gasteiger partial charge on any atom is 0.295 e. The van der Waals surface area contributed by atoms with Crippen molar-refractivity contribution in [2.24, 2.45) is 0 Å². The Kier molecular flexibility index (Phi) is 6.63. The Morgan fingerprint density at radius 2 is 1.73 bits per heavy atom. The summed E-state index contributed by atoms with van der Waals surface area (Å²) in [4.78, 5) is 31.4. The van der Waals surface area contributed by atoms with Gasteiger partial charge in [-0.3, -0.25) is 9.59 Å². The number of carbonyl (C=O) groups excluding carboxylic acids is 2. The number of aromatic amines is 1. The molecule has 2 N–H and O–H groups in total. The van der Waals surface area contributed by atoms with E-state index < -0.39 is 17.7 Å². The zero-order chi connectivity index (χ0) is 26.1. The number of likely N-dealkylation sites (tertiary alicyclic amines) is 1. The lowest BCUT2D eigenvalue weighted by Crippen LogP contribution is -2.31. The predicted octanol–water partition coefficient (Wildman–Crippen LogP) is 5.50. The molecule has 8 heteroatoms. The molecule has 5 rings (SSSR count). The first-order chi connectivity index (χ1) is 17.9. The van der Waals surface area contributed by atoms with E-state index >= 15 is 0 Å². The van der Waals surface area contributed by atoms with Crippen molar-refractivity contribution in [3.05, 3.63) is 100 Å². The van der Waals surface area contributed by atoms with Crippen LogP contribution in [0, 0.1) is 0 Å². The van der Waals surface area contributed by atoms with Crippen LogP contribution in [0.1, 0.15) is 22.7 Å². The Hall–Kier alpha value is -4.23. The second-order valence-electron chi connectivity index (χ2n) is 8.75. The van der Waals surface area contributed by atoms with Crippen LogP contribution in [0.25, 0.3) is 16.7 Å². The van der Waals surface area contributed by atoms with E-state index in [-0.39, 0.29) is 17.9 Å². The number of methoxy groups -OCH3 is 2. The number of halogens is 1. The molecule has 4 aromatic rings. The first-order valence-electron chi connectivity index (χ1n) is 11.7. The second-order valence-corrected chi connectivity index (χ2v) is 9.19. The number of nitrogens with one attached hydrogen (secondary N) is 1. The number of Topliss-reactive ketones (excluding diaryl/α,β-unsaturated/α-hetero) is 1. The van der Waals surface area contributed by atoms with E-state index in [1.165, 1.54) is 12.0 Å². The highest BCUT2D eigenvalue weighted by Gasteiger charge is 2.45. The number of hydrogen-bond donors (Lipinski definition) is 2. The summed E-state index contributed by atoms with van der Waals surface area (Å²) in [6, 6.07) is 18.7. The summed E-state index contributed by atoms with van der Waals surface area (Å²) in [5.74, 6) is -0.399. The van der Waals surface area contributed by atoms with E-state index in [1.54, 1.807) is 55.6 Å². The Bertz CT molecular complexity index is 1520. The van der Waals surface area contributed by atoms with Crippen molar-refractivity contribution in [2.45, 2.75) is 12.5 Å². The molecule has 0 spiro atoms. The van der Waals surface area contributed by atoms with E-state index in [4.69, 9.17) is 21.1 Å². The molecular formula is C29H25ClN2O5. The molecule has 188 valence electrons. The molecule has 0 aliphatic carbocycles. The number of carbonyl (C=O) groups is 2. The number of fused-ring (bicyclic) bond motifs is 1. The smallest absolute Gasteiger partial charge is 0.295 e. The lowest BCUT2D eigenvalue weighted by atomic mass is 9.95. The van der Waals surface area contributed by atoms with Crippen LogP contribution in [0.2, 0.25) is 5.02 Å². The van der Waals surface area contributed by atoms with Crippen LogP contribution < -0.4 is 9.47 Å². The van der Waals surface area contributed by atoms with Gasteiger partial charge in [0, 0.05) is 34.2 Å². The number of aliphatic hydroxyl groups excluding tert-OH is 1. The highest BCUT2D eigenvalue weighted by atomic mass is 35.5. The number of rotatable bonds is 7. The largest absolute Gasteiger partial charge is 0.507 e. The molecule has 0 radical (unpaired) electrons. The Morgan fingerprint density at radius 3 is 2.46 bits per heavy atom. The third-order valence-corrected chi connectivity index (χ3v) is 6.92. The minimum absolute atomic E-state index is 0.0289. The van der Waals surface area contributed by atoms with Crippen LogP contribution in [0.4, 0.5) is 0 Å². The average molecular weight is 517 g/mol. The van der Waals surface area contributed by atoms with Gasteiger partial charge in [0.05, 0.1) is 25.8 Å². The van der Waals surface area contributed by atoms with Crippen molar-refractivity contribution in [3.63, 3.8) is 0 Å². The van der Waals surface area contributed by atoms with E-state index in [1.807, 2.05) is 24.4 Å². The molecule has 1 atom stereocenters. The van der Waals surface area contributed by atoms with Crippen molar-refractivity contribution < 1.29 is 24.2 Å². The van der Waals surface area contributed by atoms with Crippen LogP contribution in [0.3, 0.4) is 0 Å². The molecule has 1 saturated heterocycles. The minimum atomic E-state index is -0.775. The van der Waals surface area contributed by atoms with E-state index in [0.29, 0.717) is 28.3 Å². The predicted molar refractivity (Wildman–Crippen MR) is 142 cm³/mol. The van der Waals surface area contributed by atoms with Crippen molar-refractivity contribution in [1.29, 1.82) is 0 Å². The van der Waals surface area contributed by atoms with Crippen molar-refractivity contribution in [3.8, 4) is 11.5 Å². The number of amides is 1. The fourth-order valence-electron chi connectivity index (χ4n) is 4.76. The third-order valence-electron chi connectivity index (χ3n) is 6.67. The van der Waals surface area contributed by atoms with Crippen molar-refractivity contribution in [1.82, 2.24) is 9.88 Å². The zero-order valence-corrected chi connectivity index (χ0v) is 21.1. The maximum atomic E-state index is 13.3. The lowest BCUT2D eigenvalue weighted by Gasteiger charge is -2.25. The third kappa shape index (κ3) is 4.54. The number of ketones is 1. The summed E-state index contributed by atoms with van der Waals surface area (Å²) < 4.78 is 10.6. The molecule has 1 amide bonds. The van der Waals surface area contributed by atoms with E-state index in [2.05, 4.69) is 4.98 Å². The van der Waals surface area contributed by atoms with Gasteiger partial charge in [-0.2, -0.15) is 0 Å².